The monoisotopic (exact) mass is 688 g/mol. The first-order chi connectivity index (χ1) is 20.6. The van der Waals surface area contributed by atoms with Gasteiger partial charge in [-0.3, -0.25) is 20.2 Å². The lowest BCUT2D eigenvalue weighted by atomic mass is 10.1. The molecule has 0 spiro atoms. The number of carbonyl (C=O) groups is 1. The van der Waals surface area contributed by atoms with E-state index in [-0.39, 0.29) is 9.93 Å². The zero-order valence-electron chi connectivity index (χ0n) is 21.9. The summed E-state index contributed by atoms with van der Waals surface area (Å²) in [6.45, 7) is 0. The van der Waals surface area contributed by atoms with Crippen molar-refractivity contribution in [1.29, 1.82) is 0 Å². The van der Waals surface area contributed by atoms with Gasteiger partial charge in [0, 0.05) is 6.07 Å². The molecule has 0 aliphatic carbocycles. The minimum Gasteiger partial charge on any atom is -0.290 e. The number of nitro benzene ring substituents is 1. The molecular weight excluding hydrogens is 671 g/mol. The Morgan fingerprint density at radius 3 is 1.45 bits per heavy atom. The largest absolute Gasteiger partial charge is 0.416 e. The van der Waals surface area contributed by atoms with Crippen LogP contribution in [-0.4, -0.2) is 10.8 Å². The lowest BCUT2D eigenvalue weighted by Crippen LogP contribution is -2.68. The van der Waals surface area contributed by atoms with Crippen molar-refractivity contribution in [2.24, 2.45) is 0 Å². The van der Waals surface area contributed by atoms with Crippen LogP contribution in [0.5, 0.6) is 0 Å². The second-order valence-corrected chi connectivity index (χ2v) is 13.6. The highest BCUT2D eigenvalue weighted by atomic mass is 35.7. The van der Waals surface area contributed by atoms with Crippen LogP contribution >= 0.6 is 30.5 Å². The Morgan fingerprint density at radius 2 is 1.14 bits per heavy atom. The molecule has 0 saturated carbocycles. The number of hydrogen-bond donors (Lipinski definition) is 1. The van der Waals surface area contributed by atoms with E-state index in [9.17, 15) is 28.1 Å². The van der Waals surface area contributed by atoms with Gasteiger partial charge in [-0.05, 0) is 48.5 Å². The molecule has 230 valence electrons. The maximum Gasteiger partial charge on any atom is 0.416 e. The Hall–Kier alpha value is -3.58. The Morgan fingerprint density at radius 1 is 0.750 bits per heavy atom. The molecular formula is C28H19Cl3F3N2O7P. The van der Waals surface area contributed by atoms with E-state index < -0.39 is 51.3 Å². The minimum atomic E-state index is -4.94. The Balaban J connectivity index is 0.000000978. The molecule has 4 aromatic carbocycles. The molecule has 1 amide bonds. The fourth-order valence-electron chi connectivity index (χ4n) is 4.27. The van der Waals surface area contributed by atoms with Crippen molar-refractivity contribution in [3.63, 3.8) is 0 Å². The second kappa shape index (κ2) is 14.5. The summed E-state index contributed by atoms with van der Waals surface area (Å²) in [6, 6.07) is 29.2. The lowest BCUT2D eigenvalue weighted by Gasteiger charge is -2.29. The third-order valence-electron chi connectivity index (χ3n) is 5.94. The molecule has 0 heterocycles. The number of nitrogens with one attached hydrogen (secondary N) is 1. The molecule has 1 N–H and O–H groups in total. The summed E-state index contributed by atoms with van der Waals surface area (Å²) in [4.78, 5) is 24.2. The molecule has 0 unspecified atom stereocenters. The Kier molecular flexibility index (Phi) is 11.5. The lowest BCUT2D eigenvalue weighted by molar-refractivity contribution is -2.00. The van der Waals surface area contributed by atoms with Gasteiger partial charge in [-0.15, -0.1) is 10.2 Å². The van der Waals surface area contributed by atoms with Crippen molar-refractivity contribution in [3.8, 4) is 0 Å². The molecule has 0 aliphatic rings. The summed E-state index contributed by atoms with van der Waals surface area (Å²) in [5.41, 5.74) is -2.76. The number of hydrogen-bond acceptors (Lipinski definition) is 7. The number of amides is 1. The third kappa shape index (κ3) is 8.53. The van der Waals surface area contributed by atoms with E-state index in [4.69, 9.17) is 41.8 Å². The molecule has 9 nitrogen and oxygen atoms in total. The molecule has 0 saturated heterocycles. The average molecular weight is 690 g/mol. The van der Waals surface area contributed by atoms with Crippen LogP contribution in [0.15, 0.2) is 119 Å². The van der Waals surface area contributed by atoms with Gasteiger partial charge in [-0.1, -0.05) is 77.8 Å². The SMILES string of the molecule is O=C(NC(=C(Cl)Cl)[P+](c1ccccc1)(c1ccccc1)c1ccccc1)c1ccc(C(F)(F)F)cc1[N+](=O)[O-].[O-][Cl+3]([O-])([O-])[O-]. The van der Waals surface area contributed by atoms with E-state index in [2.05, 4.69) is 5.32 Å². The summed E-state index contributed by atoms with van der Waals surface area (Å²) in [6.07, 6.45) is -4.83. The number of rotatable bonds is 7. The van der Waals surface area contributed by atoms with Crippen molar-refractivity contribution in [3.05, 3.63) is 140 Å². The van der Waals surface area contributed by atoms with E-state index in [0.29, 0.717) is 12.1 Å². The fourth-order valence-corrected chi connectivity index (χ4v) is 9.18. The van der Waals surface area contributed by atoms with Crippen LogP contribution in [0, 0.1) is 20.4 Å². The average Bonchev–Trinajstić information content (AvgIpc) is 2.97. The molecule has 4 rings (SSSR count). The van der Waals surface area contributed by atoms with E-state index in [1.54, 1.807) is 0 Å². The summed E-state index contributed by atoms with van der Waals surface area (Å²) >= 11 is 12.9. The van der Waals surface area contributed by atoms with Gasteiger partial charge in [-0.25, -0.2) is 18.6 Å². The number of benzene rings is 4. The van der Waals surface area contributed by atoms with Crippen LogP contribution in [0.4, 0.5) is 18.9 Å². The van der Waals surface area contributed by atoms with Gasteiger partial charge < -0.3 is 0 Å². The first-order valence-corrected chi connectivity index (χ1v) is 15.7. The minimum absolute atomic E-state index is 0.0774. The molecule has 0 aliphatic heterocycles. The quantitative estimate of drug-likeness (QED) is 0.177. The molecule has 4 aromatic rings. The van der Waals surface area contributed by atoms with E-state index in [1.165, 1.54) is 0 Å². The molecule has 0 fully saturated rings. The van der Waals surface area contributed by atoms with Crippen molar-refractivity contribution in [2.75, 3.05) is 0 Å². The van der Waals surface area contributed by atoms with Crippen molar-refractivity contribution < 1.29 is 51.8 Å². The van der Waals surface area contributed by atoms with Gasteiger partial charge in [0.1, 0.15) is 21.5 Å². The van der Waals surface area contributed by atoms with Crippen LogP contribution in [-0.2, 0) is 6.18 Å². The third-order valence-corrected chi connectivity index (χ3v) is 10.8. The summed E-state index contributed by atoms with van der Waals surface area (Å²) in [5, 5.41) is 16.6. The highest BCUT2D eigenvalue weighted by molar-refractivity contribution is 7.99. The highest BCUT2D eigenvalue weighted by Gasteiger charge is 2.52. The maximum atomic E-state index is 13.6. The van der Waals surface area contributed by atoms with Crippen molar-refractivity contribution in [1.82, 2.24) is 5.32 Å². The zero-order chi connectivity index (χ0) is 32.7. The van der Waals surface area contributed by atoms with Gasteiger partial charge in [-0.2, -0.15) is 13.2 Å². The van der Waals surface area contributed by atoms with E-state index in [1.807, 2.05) is 91.0 Å². The van der Waals surface area contributed by atoms with Crippen LogP contribution in [0.25, 0.3) is 0 Å². The number of carbonyl (C=O) groups excluding carboxylic acids is 1. The highest BCUT2D eigenvalue weighted by Crippen LogP contribution is 2.63. The van der Waals surface area contributed by atoms with E-state index in [0.717, 1.165) is 22.0 Å². The van der Waals surface area contributed by atoms with Crippen LogP contribution < -0.4 is 39.9 Å². The van der Waals surface area contributed by atoms with Crippen LogP contribution in [0.1, 0.15) is 15.9 Å². The standard InChI is InChI=1S/C28H18Cl2F3N2O3P.ClHO4/c29-25(30)27(34-26(36)23-17-16-19(28(31,32)33)18-24(23)35(37)38)39(20-10-4-1-5-11-20,21-12-6-2-7-13-21)22-14-8-3-9-15-22;2-1(3,4)5/h1-18H;(H,2,3,4,5). The first-order valence-electron chi connectivity index (χ1n) is 12.0. The number of halogens is 6. The Bertz CT molecular complexity index is 1530. The maximum absolute atomic E-state index is 13.6. The molecule has 44 heavy (non-hydrogen) atoms. The zero-order valence-corrected chi connectivity index (χ0v) is 25.1. The molecule has 16 heteroatoms. The number of nitrogens with zero attached hydrogens (tertiary/aromatic N) is 1. The number of nitro groups is 1. The summed E-state index contributed by atoms with van der Waals surface area (Å²) in [5.74, 6) is -1.03. The fraction of sp³-hybridized carbons (Fsp3) is 0.0357. The van der Waals surface area contributed by atoms with Crippen LogP contribution in [0.3, 0.4) is 0 Å². The van der Waals surface area contributed by atoms with Crippen molar-refractivity contribution >= 4 is 58.0 Å². The Labute approximate surface area is 261 Å². The van der Waals surface area contributed by atoms with Gasteiger partial charge in [0.15, 0.2) is 11.8 Å². The van der Waals surface area contributed by atoms with Crippen LogP contribution in [0.2, 0.25) is 0 Å². The van der Waals surface area contributed by atoms with Gasteiger partial charge in [0.25, 0.3) is 11.6 Å². The molecule has 0 atom stereocenters. The van der Waals surface area contributed by atoms with Crippen molar-refractivity contribution in [2.45, 2.75) is 6.18 Å². The van der Waals surface area contributed by atoms with Gasteiger partial charge in [0.05, 0.1) is 10.5 Å². The first kappa shape index (κ1) is 34.9. The predicted molar refractivity (Wildman–Crippen MR) is 149 cm³/mol. The molecule has 0 radical (unpaired) electrons. The van der Waals surface area contributed by atoms with Gasteiger partial charge in [0.2, 0.25) is 5.44 Å². The smallest absolute Gasteiger partial charge is 0.290 e. The summed E-state index contributed by atoms with van der Waals surface area (Å²) < 4.78 is 73.4. The normalized spacial score (nSPS) is 11.6. The molecule has 0 bridgehead atoms. The predicted octanol–water partition coefficient (Wildman–Crippen LogP) is 2.19. The molecule has 0 aromatic heterocycles. The van der Waals surface area contributed by atoms with Gasteiger partial charge >= 0.3 is 6.18 Å². The summed E-state index contributed by atoms with van der Waals surface area (Å²) in [7, 11) is -7.98. The second-order valence-electron chi connectivity index (χ2n) is 8.61. The van der Waals surface area contributed by atoms with E-state index >= 15 is 0 Å². The topological polar surface area (TPSA) is 164 Å². The number of alkyl halides is 3.